The minimum atomic E-state index is -1.38. The molecular weight excluding hydrogens is 182 g/mol. The third kappa shape index (κ3) is 7.19. The molecule has 3 nitrogen and oxygen atoms in total. The van der Waals surface area contributed by atoms with Crippen molar-refractivity contribution in [1.82, 2.24) is 0 Å². The molecule has 0 spiro atoms. The molecule has 0 bridgehead atoms. The Labute approximate surface area is 83.5 Å². The maximum Gasteiger partial charge on any atom is 0.321 e. The van der Waals surface area contributed by atoms with E-state index in [1.807, 2.05) is 13.8 Å². The molecule has 0 aromatic carbocycles. The van der Waals surface area contributed by atoms with Crippen LogP contribution in [-0.4, -0.2) is 28.5 Å². The maximum absolute atomic E-state index is 5.82. The standard InChI is InChI=1S/C9H23NO2Si/c1-4-9(10)7-8-13(11-5-2)12-6-3/h9,13H,4-8,10H2,1-3H3. The van der Waals surface area contributed by atoms with E-state index in [-0.39, 0.29) is 0 Å². The third-order valence-corrected chi connectivity index (χ3v) is 4.22. The monoisotopic (exact) mass is 205 g/mol. The molecule has 13 heavy (non-hydrogen) atoms. The van der Waals surface area contributed by atoms with Crippen LogP contribution in [0.4, 0.5) is 0 Å². The first-order valence-electron chi connectivity index (χ1n) is 5.23. The summed E-state index contributed by atoms with van der Waals surface area (Å²) in [4.78, 5) is 0. The van der Waals surface area contributed by atoms with E-state index in [9.17, 15) is 0 Å². The number of nitrogens with two attached hydrogens (primary N) is 1. The van der Waals surface area contributed by atoms with E-state index in [1.165, 1.54) is 0 Å². The Morgan fingerprint density at radius 3 is 2.08 bits per heavy atom. The molecule has 0 fully saturated rings. The lowest BCUT2D eigenvalue weighted by Gasteiger charge is -2.16. The summed E-state index contributed by atoms with van der Waals surface area (Å²) in [6.07, 6.45) is 2.08. The Kier molecular flexibility index (Phi) is 8.75. The SMILES string of the molecule is CCO[SiH](CCC(N)CC)OCC. The van der Waals surface area contributed by atoms with Gasteiger partial charge in [0.2, 0.25) is 0 Å². The molecule has 0 aromatic rings. The van der Waals surface area contributed by atoms with Crippen LogP contribution in [0, 0.1) is 0 Å². The van der Waals surface area contributed by atoms with E-state index < -0.39 is 9.28 Å². The van der Waals surface area contributed by atoms with E-state index in [2.05, 4.69) is 6.92 Å². The second-order valence-corrected chi connectivity index (χ2v) is 5.19. The lowest BCUT2D eigenvalue weighted by Crippen LogP contribution is -2.27. The Morgan fingerprint density at radius 2 is 1.69 bits per heavy atom. The summed E-state index contributed by atoms with van der Waals surface area (Å²) in [6.45, 7) is 7.66. The van der Waals surface area contributed by atoms with Gasteiger partial charge in [-0.2, -0.15) is 0 Å². The molecule has 4 heteroatoms. The largest absolute Gasteiger partial charge is 0.397 e. The van der Waals surface area contributed by atoms with Crippen LogP contribution in [0.15, 0.2) is 0 Å². The Balaban J connectivity index is 3.55. The van der Waals surface area contributed by atoms with E-state index in [1.54, 1.807) is 0 Å². The second-order valence-electron chi connectivity index (χ2n) is 3.09. The van der Waals surface area contributed by atoms with Crippen molar-refractivity contribution in [3.05, 3.63) is 0 Å². The lowest BCUT2D eigenvalue weighted by atomic mass is 10.2. The molecule has 0 aliphatic heterocycles. The highest BCUT2D eigenvalue weighted by Gasteiger charge is 2.13. The quantitative estimate of drug-likeness (QED) is 0.609. The first kappa shape index (κ1) is 13.1. The molecule has 0 amide bonds. The summed E-state index contributed by atoms with van der Waals surface area (Å²) in [6, 6.07) is 1.35. The van der Waals surface area contributed by atoms with Crippen molar-refractivity contribution >= 4 is 9.28 Å². The van der Waals surface area contributed by atoms with Crippen LogP contribution >= 0.6 is 0 Å². The highest BCUT2D eigenvalue weighted by Crippen LogP contribution is 2.05. The third-order valence-electron chi connectivity index (χ3n) is 2.00. The second kappa shape index (κ2) is 8.68. The van der Waals surface area contributed by atoms with Crippen molar-refractivity contribution in [2.75, 3.05) is 13.2 Å². The van der Waals surface area contributed by atoms with E-state index in [0.29, 0.717) is 6.04 Å². The average molecular weight is 205 g/mol. The van der Waals surface area contributed by atoms with Crippen LogP contribution in [0.25, 0.3) is 0 Å². The van der Waals surface area contributed by atoms with Gasteiger partial charge in [-0.3, -0.25) is 0 Å². The highest BCUT2D eigenvalue weighted by atomic mass is 28.3. The molecule has 0 rings (SSSR count). The molecule has 2 N–H and O–H groups in total. The van der Waals surface area contributed by atoms with Crippen molar-refractivity contribution in [3.63, 3.8) is 0 Å². The molecule has 0 heterocycles. The van der Waals surface area contributed by atoms with E-state index in [0.717, 1.165) is 32.1 Å². The van der Waals surface area contributed by atoms with Gasteiger partial charge >= 0.3 is 9.28 Å². The fourth-order valence-corrected chi connectivity index (χ4v) is 3.01. The minimum Gasteiger partial charge on any atom is -0.397 e. The highest BCUT2D eigenvalue weighted by molar-refractivity contribution is 6.44. The minimum absolute atomic E-state index is 0.316. The average Bonchev–Trinajstić information content (AvgIpc) is 2.14. The molecule has 0 saturated carbocycles. The van der Waals surface area contributed by atoms with Crippen molar-refractivity contribution in [2.45, 2.75) is 45.7 Å². The Bertz CT molecular complexity index is 108. The predicted octanol–water partition coefficient (Wildman–Crippen LogP) is 1.41. The molecule has 0 saturated heterocycles. The smallest absolute Gasteiger partial charge is 0.321 e. The summed E-state index contributed by atoms with van der Waals surface area (Å²) in [5, 5.41) is 0. The zero-order chi connectivity index (χ0) is 10.1. The van der Waals surface area contributed by atoms with Gasteiger partial charge in [-0.25, -0.2) is 0 Å². The zero-order valence-corrected chi connectivity index (χ0v) is 10.2. The van der Waals surface area contributed by atoms with Crippen molar-refractivity contribution in [1.29, 1.82) is 0 Å². The molecule has 0 aliphatic carbocycles. The van der Waals surface area contributed by atoms with Gasteiger partial charge in [0.25, 0.3) is 0 Å². The summed E-state index contributed by atoms with van der Waals surface area (Å²) >= 11 is 0. The van der Waals surface area contributed by atoms with Crippen LogP contribution in [0.5, 0.6) is 0 Å². The summed E-state index contributed by atoms with van der Waals surface area (Å²) < 4.78 is 11.1. The maximum atomic E-state index is 5.82. The molecule has 0 radical (unpaired) electrons. The summed E-state index contributed by atoms with van der Waals surface area (Å²) in [5.41, 5.74) is 5.82. The number of rotatable bonds is 8. The van der Waals surface area contributed by atoms with Crippen molar-refractivity contribution < 1.29 is 8.85 Å². The first-order valence-corrected chi connectivity index (χ1v) is 6.99. The normalized spacial score (nSPS) is 13.6. The molecule has 1 atom stereocenters. The van der Waals surface area contributed by atoms with Gasteiger partial charge in [0.05, 0.1) is 0 Å². The van der Waals surface area contributed by atoms with E-state index >= 15 is 0 Å². The molecule has 1 unspecified atom stereocenters. The molecule has 0 aromatic heterocycles. The van der Waals surface area contributed by atoms with Gasteiger partial charge in [-0.05, 0) is 32.7 Å². The number of hydrogen-bond donors (Lipinski definition) is 1. The Hall–Kier alpha value is 0.0969. The summed E-state index contributed by atoms with van der Waals surface area (Å²) in [5.74, 6) is 0. The lowest BCUT2D eigenvalue weighted by molar-refractivity contribution is 0.212. The summed E-state index contributed by atoms with van der Waals surface area (Å²) in [7, 11) is -1.38. The van der Waals surface area contributed by atoms with Crippen LogP contribution in [0.2, 0.25) is 6.04 Å². The molecular formula is C9H23NO2Si. The molecule has 0 aliphatic rings. The van der Waals surface area contributed by atoms with Crippen LogP contribution in [0.3, 0.4) is 0 Å². The predicted molar refractivity (Wildman–Crippen MR) is 58.1 cm³/mol. The van der Waals surface area contributed by atoms with Crippen LogP contribution in [0.1, 0.15) is 33.6 Å². The van der Waals surface area contributed by atoms with Crippen LogP contribution in [-0.2, 0) is 8.85 Å². The van der Waals surface area contributed by atoms with E-state index in [4.69, 9.17) is 14.6 Å². The molecule has 80 valence electrons. The van der Waals surface area contributed by atoms with Crippen molar-refractivity contribution in [2.24, 2.45) is 5.73 Å². The Morgan fingerprint density at radius 1 is 1.15 bits per heavy atom. The van der Waals surface area contributed by atoms with Gasteiger partial charge in [-0.15, -0.1) is 0 Å². The van der Waals surface area contributed by atoms with Crippen molar-refractivity contribution in [3.8, 4) is 0 Å². The fourth-order valence-electron chi connectivity index (χ4n) is 1.14. The zero-order valence-electron chi connectivity index (χ0n) is 9.08. The van der Waals surface area contributed by atoms with Gasteiger partial charge < -0.3 is 14.6 Å². The topological polar surface area (TPSA) is 44.5 Å². The van der Waals surface area contributed by atoms with Gasteiger partial charge in [0.1, 0.15) is 0 Å². The fraction of sp³-hybridized carbons (Fsp3) is 1.00. The van der Waals surface area contributed by atoms with Gasteiger partial charge in [0.15, 0.2) is 0 Å². The number of hydrogen-bond acceptors (Lipinski definition) is 3. The van der Waals surface area contributed by atoms with Gasteiger partial charge in [0, 0.05) is 19.3 Å². The van der Waals surface area contributed by atoms with Crippen LogP contribution < -0.4 is 5.73 Å². The van der Waals surface area contributed by atoms with Gasteiger partial charge in [-0.1, -0.05) is 6.92 Å². The first-order chi connectivity index (χ1) is 6.24.